The maximum atomic E-state index is 13.0. The van der Waals surface area contributed by atoms with Gasteiger partial charge in [0.2, 0.25) is 10.0 Å². The minimum atomic E-state index is -3.65. The van der Waals surface area contributed by atoms with Gasteiger partial charge in [-0.2, -0.15) is 0 Å². The average molecular weight is 424 g/mol. The third-order valence-corrected chi connectivity index (χ3v) is 6.27. The molecule has 154 valence electrons. The van der Waals surface area contributed by atoms with Gasteiger partial charge < -0.3 is 4.90 Å². The summed E-state index contributed by atoms with van der Waals surface area (Å²) in [6, 6.07) is 19.7. The second-order valence-electron chi connectivity index (χ2n) is 7.26. The number of rotatable bonds is 5. The van der Waals surface area contributed by atoms with Crippen molar-refractivity contribution < 1.29 is 17.6 Å². The number of fused-ring (bicyclic) bond motifs is 1. The molecule has 1 heterocycles. The Morgan fingerprint density at radius 3 is 2.47 bits per heavy atom. The molecule has 0 aliphatic carbocycles. The molecule has 7 heteroatoms. The molecule has 5 nitrogen and oxygen atoms in total. The van der Waals surface area contributed by atoms with Crippen LogP contribution in [0.2, 0.25) is 0 Å². The SMILES string of the molecule is O=C(c1ccccc1)N1CCCc2cc(NS(=O)(=O)Cc3ccc(F)cc3)ccc21. The molecule has 0 spiro atoms. The smallest absolute Gasteiger partial charge is 0.258 e. The monoisotopic (exact) mass is 424 g/mol. The quantitative estimate of drug-likeness (QED) is 0.662. The van der Waals surface area contributed by atoms with Gasteiger partial charge in [0.15, 0.2) is 0 Å². The summed E-state index contributed by atoms with van der Waals surface area (Å²) in [5.41, 5.74) is 3.30. The molecule has 0 radical (unpaired) electrons. The standard InChI is InChI=1S/C23H21FN2O3S/c24-20-10-8-17(9-11-20)16-30(28,29)25-21-12-13-22-19(15-21)7-4-14-26(22)23(27)18-5-2-1-3-6-18/h1-3,5-6,8-13,15,25H,4,7,14,16H2. The van der Waals surface area contributed by atoms with Gasteiger partial charge in [-0.05, 0) is 66.4 Å². The zero-order valence-corrected chi connectivity index (χ0v) is 17.0. The van der Waals surface area contributed by atoms with Crippen molar-refractivity contribution in [1.82, 2.24) is 0 Å². The minimum absolute atomic E-state index is 0.0683. The Morgan fingerprint density at radius 1 is 1.00 bits per heavy atom. The lowest BCUT2D eigenvalue weighted by Gasteiger charge is -2.30. The Hall–Kier alpha value is -3.19. The van der Waals surface area contributed by atoms with Crippen LogP contribution in [0.15, 0.2) is 72.8 Å². The van der Waals surface area contributed by atoms with Crippen LogP contribution in [0, 0.1) is 5.82 Å². The first-order valence-corrected chi connectivity index (χ1v) is 11.3. The normalized spacial score (nSPS) is 13.6. The molecule has 0 fully saturated rings. The van der Waals surface area contributed by atoms with Crippen molar-refractivity contribution in [2.45, 2.75) is 18.6 Å². The molecule has 0 bridgehead atoms. The van der Waals surface area contributed by atoms with E-state index in [1.807, 2.05) is 18.2 Å². The largest absolute Gasteiger partial charge is 0.308 e. The summed E-state index contributed by atoms with van der Waals surface area (Å²) in [6.07, 6.45) is 1.57. The number of halogens is 1. The van der Waals surface area contributed by atoms with E-state index in [0.29, 0.717) is 23.4 Å². The number of amides is 1. The topological polar surface area (TPSA) is 66.5 Å². The van der Waals surface area contributed by atoms with Crippen LogP contribution in [-0.2, 0) is 22.2 Å². The zero-order chi connectivity index (χ0) is 21.1. The third kappa shape index (κ3) is 4.52. The molecule has 3 aromatic carbocycles. The number of sulfonamides is 1. The van der Waals surface area contributed by atoms with Crippen molar-refractivity contribution in [2.24, 2.45) is 0 Å². The van der Waals surface area contributed by atoms with Crippen molar-refractivity contribution in [2.75, 3.05) is 16.2 Å². The van der Waals surface area contributed by atoms with Crippen molar-refractivity contribution in [1.29, 1.82) is 0 Å². The van der Waals surface area contributed by atoms with Gasteiger partial charge in [-0.3, -0.25) is 9.52 Å². The van der Waals surface area contributed by atoms with Gasteiger partial charge >= 0.3 is 0 Å². The van der Waals surface area contributed by atoms with E-state index < -0.39 is 15.8 Å². The Labute approximate surface area is 175 Å². The second kappa shape index (κ2) is 8.28. The lowest BCUT2D eigenvalue weighted by Crippen LogP contribution is -2.35. The fraction of sp³-hybridized carbons (Fsp3) is 0.174. The first-order valence-electron chi connectivity index (χ1n) is 9.66. The summed E-state index contributed by atoms with van der Waals surface area (Å²) >= 11 is 0. The Bertz CT molecular complexity index is 1160. The maximum Gasteiger partial charge on any atom is 0.258 e. The number of hydrogen-bond donors (Lipinski definition) is 1. The summed E-state index contributed by atoms with van der Waals surface area (Å²) in [7, 11) is -3.65. The predicted molar refractivity (Wildman–Crippen MR) is 116 cm³/mol. The molecule has 0 unspecified atom stereocenters. The highest BCUT2D eigenvalue weighted by atomic mass is 32.2. The highest BCUT2D eigenvalue weighted by Gasteiger charge is 2.24. The molecule has 30 heavy (non-hydrogen) atoms. The molecule has 0 saturated heterocycles. The van der Waals surface area contributed by atoms with Crippen LogP contribution in [0.3, 0.4) is 0 Å². The second-order valence-corrected chi connectivity index (χ2v) is 8.98. The van der Waals surface area contributed by atoms with E-state index in [0.717, 1.165) is 24.1 Å². The number of anilines is 2. The van der Waals surface area contributed by atoms with Gasteiger partial charge in [-0.1, -0.05) is 30.3 Å². The van der Waals surface area contributed by atoms with Crippen LogP contribution >= 0.6 is 0 Å². The summed E-state index contributed by atoms with van der Waals surface area (Å²) < 4.78 is 40.6. The number of carbonyl (C=O) groups excluding carboxylic acids is 1. The summed E-state index contributed by atoms with van der Waals surface area (Å²) in [5.74, 6) is -0.724. The van der Waals surface area contributed by atoms with Gasteiger partial charge in [0.05, 0.1) is 5.75 Å². The molecular formula is C23H21FN2O3S. The highest BCUT2D eigenvalue weighted by molar-refractivity contribution is 7.91. The maximum absolute atomic E-state index is 13.0. The summed E-state index contributed by atoms with van der Waals surface area (Å²) in [5, 5.41) is 0. The van der Waals surface area contributed by atoms with Crippen molar-refractivity contribution >= 4 is 27.3 Å². The van der Waals surface area contributed by atoms with Gasteiger partial charge in [0, 0.05) is 23.5 Å². The molecule has 1 N–H and O–H groups in total. The molecule has 1 aliphatic heterocycles. The predicted octanol–water partition coefficient (Wildman–Crippen LogP) is 4.36. The van der Waals surface area contributed by atoms with E-state index in [9.17, 15) is 17.6 Å². The number of hydrogen-bond acceptors (Lipinski definition) is 3. The lowest BCUT2D eigenvalue weighted by molar-refractivity contribution is 0.0985. The first-order chi connectivity index (χ1) is 14.4. The number of carbonyl (C=O) groups is 1. The first kappa shape index (κ1) is 20.1. The van der Waals surface area contributed by atoms with Gasteiger partial charge in [-0.15, -0.1) is 0 Å². The minimum Gasteiger partial charge on any atom is -0.308 e. The lowest BCUT2D eigenvalue weighted by atomic mass is 10.00. The number of aryl methyl sites for hydroxylation is 1. The summed E-state index contributed by atoms with van der Waals surface area (Å²) in [6.45, 7) is 0.621. The van der Waals surface area contributed by atoms with Gasteiger partial charge in [0.25, 0.3) is 5.91 Å². The van der Waals surface area contributed by atoms with Crippen molar-refractivity contribution in [3.8, 4) is 0 Å². The summed E-state index contributed by atoms with van der Waals surface area (Å²) in [4.78, 5) is 14.6. The van der Waals surface area contributed by atoms with Crippen LogP contribution in [0.25, 0.3) is 0 Å². The van der Waals surface area contributed by atoms with Crippen LogP contribution in [0.4, 0.5) is 15.8 Å². The zero-order valence-electron chi connectivity index (χ0n) is 16.2. The van der Waals surface area contributed by atoms with Crippen molar-refractivity contribution in [3.05, 3.63) is 95.3 Å². The molecular weight excluding hydrogens is 403 g/mol. The fourth-order valence-electron chi connectivity index (χ4n) is 3.62. The van der Waals surface area contributed by atoms with Crippen LogP contribution in [0.1, 0.15) is 27.9 Å². The van der Waals surface area contributed by atoms with Crippen LogP contribution < -0.4 is 9.62 Å². The van der Waals surface area contributed by atoms with E-state index in [4.69, 9.17) is 0 Å². The molecule has 3 aromatic rings. The third-order valence-electron chi connectivity index (χ3n) is 5.01. The Morgan fingerprint density at radius 2 is 1.73 bits per heavy atom. The van der Waals surface area contributed by atoms with Gasteiger partial charge in [-0.25, -0.2) is 12.8 Å². The fourth-order valence-corrected chi connectivity index (χ4v) is 4.81. The Kier molecular flexibility index (Phi) is 5.55. The average Bonchev–Trinajstić information content (AvgIpc) is 2.74. The van der Waals surface area contributed by atoms with Gasteiger partial charge in [0.1, 0.15) is 5.82 Å². The number of nitrogens with one attached hydrogen (secondary N) is 1. The van der Waals surface area contributed by atoms with E-state index in [1.165, 1.54) is 24.3 Å². The molecule has 0 atom stereocenters. The molecule has 0 aromatic heterocycles. The molecule has 0 saturated carbocycles. The molecule has 1 amide bonds. The number of nitrogens with zero attached hydrogens (tertiary/aromatic N) is 1. The van der Waals surface area contributed by atoms with E-state index in [2.05, 4.69) is 4.72 Å². The highest BCUT2D eigenvalue weighted by Crippen LogP contribution is 2.31. The number of benzene rings is 3. The molecule has 4 rings (SSSR count). The van der Waals surface area contributed by atoms with E-state index in [-0.39, 0.29) is 11.7 Å². The van der Waals surface area contributed by atoms with E-state index in [1.54, 1.807) is 35.2 Å². The van der Waals surface area contributed by atoms with E-state index >= 15 is 0 Å². The Balaban J connectivity index is 1.53. The van der Waals surface area contributed by atoms with Crippen LogP contribution in [-0.4, -0.2) is 20.9 Å². The van der Waals surface area contributed by atoms with Crippen LogP contribution in [0.5, 0.6) is 0 Å². The van der Waals surface area contributed by atoms with Crippen molar-refractivity contribution in [3.63, 3.8) is 0 Å². The molecule has 1 aliphatic rings.